The molecule has 0 aliphatic heterocycles. The van der Waals surface area contributed by atoms with Crippen LogP contribution in [0.15, 0.2) is 0 Å². The fraction of sp³-hybridized carbons (Fsp3) is 0.933. The van der Waals surface area contributed by atoms with E-state index in [1.165, 1.54) is 19.4 Å². The van der Waals surface area contributed by atoms with E-state index in [1.807, 2.05) is 13.8 Å². The van der Waals surface area contributed by atoms with Gasteiger partial charge in [0.25, 0.3) is 0 Å². The zero-order valence-electron chi connectivity index (χ0n) is 13.0. The van der Waals surface area contributed by atoms with E-state index in [2.05, 4.69) is 20.8 Å². The van der Waals surface area contributed by atoms with Crippen LogP contribution in [-0.4, -0.2) is 43.2 Å². The van der Waals surface area contributed by atoms with Crippen molar-refractivity contribution in [2.75, 3.05) is 32.8 Å². The molecule has 0 saturated carbocycles. The molecule has 0 aromatic rings. The number of quaternary nitrogens is 1. The number of carbonyl (C=O) groups is 1. The summed E-state index contributed by atoms with van der Waals surface area (Å²) < 4.78 is 6.41. The van der Waals surface area contributed by atoms with Crippen LogP contribution in [0, 0.1) is 5.92 Å². The number of unbranched alkanes of at least 4 members (excludes halogenated alkanes) is 1. The van der Waals surface area contributed by atoms with Gasteiger partial charge in [0, 0.05) is 6.42 Å². The van der Waals surface area contributed by atoms with Crippen molar-refractivity contribution in [3.63, 3.8) is 0 Å². The van der Waals surface area contributed by atoms with Crippen LogP contribution >= 0.6 is 0 Å². The number of hydrogen-bond donors (Lipinski definition) is 0. The number of carbonyl (C=O) groups excluding carboxylic acids is 1. The molecule has 0 aliphatic carbocycles. The molecule has 0 aliphatic rings. The fourth-order valence-corrected chi connectivity index (χ4v) is 2.21. The summed E-state index contributed by atoms with van der Waals surface area (Å²) in [5.74, 6) is 0.333. The summed E-state index contributed by atoms with van der Waals surface area (Å²) in [6.07, 6.45) is 3.02. The normalized spacial score (nSPS) is 11.9. The van der Waals surface area contributed by atoms with Gasteiger partial charge in [-0.25, -0.2) is 0 Å². The van der Waals surface area contributed by atoms with Gasteiger partial charge >= 0.3 is 5.97 Å². The molecule has 3 nitrogen and oxygen atoms in total. The Hall–Kier alpha value is -0.570. The zero-order chi connectivity index (χ0) is 14.0. The summed E-state index contributed by atoms with van der Waals surface area (Å²) >= 11 is 0. The Bertz CT molecular complexity index is 223. The summed E-state index contributed by atoms with van der Waals surface area (Å²) in [4.78, 5) is 11.5. The first-order valence-electron chi connectivity index (χ1n) is 7.50. The smallest absolute Gasteiger partial charge is 0.306 e. The number of nitrogens with zero attached hydrogens (tertiary/aromatic N) is 1. The third-order valence-corrected chi connectivity index (χ3v) is 3.73. The minimum atomic E-state index is -0.0502. The number of esters is 1. The number of rotatable bonds is 10. The molecular formula is C15H32NO2+. The van der Waals surface area contributed by atoms with Gasteiger partial charge < -0.3 is 9.22 Å². The van der Waals surface area contributed by atoms with Gasteiger partial charge in [-0.2, -0.15) is 0 Å². The van der Waals surface area contributed by atoms with Crippen molar-refractivity contribution in [3.05, 3.63) is 0 Å². The highest BCUT2D eigenvalue weighted by Crippen LogP contribution is 2.09. The SMILES string of the molecule is CCCC[N+](CC)(CC)CCOC(=O)CC(C)C. The number of likely N-dealkylation sites (N-methyl/N-ethyl adjacent to an activating group) is 1. The summed E-state index contributed by atoms with van der Waals surface area (Å²) in [7, 11) is 0. The van der Waals surface area contributed by atoms with Crippen molar-refractivity contribution in [3.8, 4) is 0 Å². The minimum Gasteiger partial charge on any atom is -0.460 e. The lowest BCUT2D eigenvalue weighted by atomic mass is 10.1. The van der Waals surface area contributed by atoms with E-state index in [4.69, 9.17) is 4.74 Å². The van der Waals surface area contributed by atoms with Gasteiger partial charge in [0.1, 0.15) is 13.2 Å². The molecule has 0 unspecified atom stereocenters. The molecule has 0 aromatic carbocycles. The third kappa shape index (κ3) is 7.00. The third-order valence-electron chi connectivity index (χ3n) is 3.73. The second-order valence-corrected chi connectivity index (χ2v) is 5.59. The van der Waals surface area contributed by atoms with Crippen molar-refractivity contribution in [1.29, 1.82) is 0 Å². The Morgan fingerprint density at radius 2 is 1.72 bits per heavy atom. The monoisotopic (exact) mass is 258 g/mol. The highest BCUT2D eigenvalue weighted by atomic mass is 16.5. The molecule has 0 amide bonds. The lowest BCUT2D eigenvalue weighted by molar-refractivity contribution is -0.925. The molecule has 0 fully saturated rings. The van der Waals surface area contributed by atoms with Crippen molar-refractivity contribution in [1.82, 2.24) is 0 Å². The molecule has 0 aromatic heterocycles. The second-order valence-electron chi connectivity index (χ2n) is 5.59. The first-order valence-corrected chi connectivity index (χ1v) is 7.50. The van der Waals surface area contributed by atoms with Gasteiger partial charge in [-0.05, 0) is 26.2 Å². The largest absolute Gasteiger partial charge is 0.460 e. The maximum absolute atomic E-state index is 11.5. The van der Waals surface area contributed by atoms with E-state index < -0.39 is 0 Å². The maximum atomic E-state index is 11.5. The first kappa shape index (κ1) is 17.4. The quantitative estimate of drug-likeness (QED) is 0.444. The predicted molar refractivity (Wildman–Crippen MR) is 76.4 cm³/mol. The van der Waals surface area contributed by atoms with Crippen LogP contribution < -0.4 is 0 Å². The van der Waals surface area contributed by atoms with Crippen LogP contribution in [-0.2, 0) is 9.53 Å². The molecule has 18 heavy (non-hydrogen) atoms. The lowest BCUT2D eigenvalue weighted by Gasteiger charge is -2.36. The van der Waals surface area contributed by atoms with Crippen LogP contribution in [0.2, 0.25) is 0 Å². The average molecular weight is 258 g/mol. The van der Waals surface area contributed by atoms with Crippen LogP contribution in [0.4, 0.5) is 0 Å². The molecule has 0 saturated heterocycles. The standard InChI is InChI=1S/C15H32NO2/c1-6-9-10-16(7-2,8-3)11-12-18-15(17)13-14(4)5/h14H,6-13H2,1-5H3/q+1. The molecular weight excluding hydrogens is 226 g/mol. The highest BCUT2D eigenvalue weighted by molar-refractivity contribution is 5.69. The van der Waals surface area contributed by atoms with Crippen molar-refractivity contribution in [2.24, 2.45) is 5.92 Å². The predicted octanol–water partition coefficient (Wildman–Crippen LogP) is 3.23. The summed E-state index contributed by atoms with van der Waals surface area (Å²) in [6, 6.07) is 0. The van der Waals surface area contributed by atoms with E-state index in [-0.39, 0.29) is 5.97 Å². The summed E-state index contributed by atoms with van der Waals surface area (Å²) in [5, 5.41) is 0. The van der Waals surface area contributed by atoms with E-state index in [0.717, 1.165) is 24.1 Å². The van der Waals surface area contributed by atoms with Crippen LogP contribution in [0.1, 0.15) is 53.9 Å². The second kappa shape index (κ2) is 9.37. The van der Waals surface area contributed by atoms with Crippen molar-refractivity contribution >= 4 is 5.97 Å². The Labute approximate surface area is 113 Å². The van der Waals surface area contributed by atoms with Crippen LogP contribution in [0.5, 0.6) is 0 Å². The van der Waals surface area contributed by atoms with Crippen LogP contribution in [0.25, 0.3) is 0 Å². The zero-order valence-corrected chi connectivity index (χ0v) is 13.0. The Morgan fingerprint density at radius 1 is 1.11 bits per heavy atom. The molecule has 0 atom stereocenters. The van der Waals surface area contributed by atoms with E-state index in [0.29, 0.717) is 18.9 Å². The summed E-state index contributed by atoms with van der Waals surface area (Å²) in [5.41, 5.74) is 0. The van der Waals surface area contributed by atoms with E-state index >= 15 is 0 Å². The Morgan fingerprint density at radius 3 is 2.17 bits per heavy atom. The van der Waals surface area contributed by atoms with Crippen molar-refractivity contribution < 1.29 is 14.0 Å². The van der Waals surface area contributed by atoms with Gasteiger partial charge in [-0.3, -0.25) is 4.79 Å². The topological polar surface area (TPSA) is 26.3 Å². The molecule has 0 bridgehead atoms. The van der Waals surface area contributed by atoms with Gasteiger partial charge in [-0.1, -0.05) is 27.2 Å². The van der Waals surface area contributed by atoms with Gasteiger partial charge in [-0.15, -0.1) is 0 Å². The maximum Gasteiger partial charge on any atom is 0.306 e. The lowest BCUT2D eigenvalue weighted by Crippen LogP contribution is -2.50. The first-order chi connectivity index (χ1) is 8.49. The van der Waals surface area contributed by atoms with Crippen molar-refractivity contribution in [2.45, 2.75) is 53.9 Å². The molecule has 0 rings (SSSR count). The van der Waals surface area contributed by atoms with Crippen LogP contribution in [0.3, 0.4) is 0 Å². The fourth-order valence-electron chi connectivity index (χ4n) is 2.21. The van der Waals surface area contributed by atoms with Gasteiger partial charge in [0.15, 0.2) is 0 Å². The summed E-state index contributed by atoms with van der Waals surface area (Å²) in [6.45, 7) is 15.7. The van der Waals surface area contributed by atoms with Gasteiger partial charge in [0.05, 0.1) is 19.6 Å². The Balaban J connectivity index is 4.07. The van der Waals surface area contributed by atoms with Gasteiger partial charge in [0.2, 0.25) is 0 Å². The molecule has 0 radical (unpaired) electrons. The molecule has 3 heteroatoms. The molecule has 0 spiro atoms. The highest BCUT2D eigenvalue weighted by Gasteiger charge is 2.22. The number of hydrogen-bond acceptors (Lipinski definition) is 2. The Kier molecular flexibility index (Phi) is 9.08. The molecule has 0 heterocycles. The molecule has 108 valence electrons. The number of ether oxygens (including phenoxy) is 1. The van der Waals surface area contributed by atoms with E-state index in [9.17, 15) is 4.79 Å². The average Bonchev–Trinajstić information content (AvgIpc) is 2.33. The minimum absolute atomic E-state index is 0.0502. The molecule has 0 N–H and O–H groups in total. The van der Waals surface area contributed by atoms with E-state index in [1.54, 1.807) is 0 Å².